The van der Waals surface area contributed by atoms with E-state index in [2.05, 4.69) is 4.74 Å². The van der Waals surface area contributed by atoms with E-state index in [1.165, 1.54) is 7.11 Å². The summed E-state index contributed by atoms with van der Waals surface area (Å²) in [7, 11) is 1.38. The Balaban J connectivity index is 1.94. The smallest absolute Gasteiger partial charge is 0.305 e. The zero-order valence-electron chi connectivity index (χ0n) is 14.6. The molecule has 1 aliphatic carbocycles. The molecule has 0 unspecified atom stereocenters. The molecule has 1 aromatic carbocycles. The number of aliphatic hydroxyl groups excluding tert-OH is 2. The fraction of sp³-hybridized carbons (Fsp3) is 0.500. The summed E-state index contributed by atoms with van der Waals surface area (Å²) in [4.78, 5) is 23.3. The highest BCUT2D eigenvalue weighted by atomic mass is 16.5. The van der Waals surface area contributed by atoms with Gasteiger partial charge in [0.1, 0.15) is 5.78 Å². The number of esters is 1. The van der Waals surface area contributed by atoms with Crippen molar-refractivity contribution in [2.24, 2.45) is 5.92 Å². The normalized spacial score (nSPS) is 23.3. The molecule has 0 aromatic heterocycles. The number of methoxy groups -OCH3 is 1. The maximum Gasteiger partial charge on any atom is 0.305 e. The maximum atomic E-state index is 12.2. The van der Waals surface area contributed by atoms with Gasteiger partial charge in [0.2, 0.25) is 0 Å². The number of Topliss-reactive ketones (excluding diaryl/α,β-unsaturated/α-hetero) is 1. The Labute approximate surface area is 148 Å². The van der Waals surface area contributed by atoms with Gasteiger partial charge in [-0.15, -0.1) is 0 Å². The molecule has 25 heavy (non-hydrogen) atoms. The Morgan fingerprint density at radius 3 is 2.64 bits per heavy atom. The molecule has 0 amide bonds. The van der Waals surface area contributed by atoms with Crippen molar-refractivity contribution in [1.82, 2.24) is 0 Å². The van der Waals surface area contributed by atoms with Crippen LogP contribution in [-0.2, 0) is 20.9 Å². The van der Waals surface area contributed by atoms with Crippen LogP contribution >= 0.6 is 0 Å². The van der Waals surface area contributed by atoms with Crippen molar-refractivity contribution in [2.75, 3.05) is 7.11 Å². The first-order valence-electron chi connectivity index (χ1n) is 8.69. The van der Waals surface area contributed by atoms with Crippen molar-refractivity contribution in [3.8, 4) is 0 Å². The number of unbranched alkanes of at least 4 members (excludes halogenated alkanes) is 1. The highest BCUT2D eigenvalue weighted by Gasteiger charge is 2.41. The number of aliphatic hydroxyl groups is 2. The Kier molecular flexibility index (Phi) is 7.34. The van der Waals surface area contributed by atoms with Gasteiger partial charge in [-0.25, -0.2) is 0 Å². The molecule has 1 aliphatic rings. The molecule has 5 nitrogen and oxygen atoms in total. The molecule has 2 rings (SSSR count). The molecule has 0 heterocycles. The molecule has 0 spiro atoms. The van der Waals surface area contributed by atoms with E-state index >= 15 is 0 Å². The predicted octanol–water partition coefficient (Wildman–Crippen LogP) is 2.50. The summed E-state index contributed by atoms with van der Waals surface area (Å²) in [6.07, 6.45) is 5.92. The molecule has 0 saturated heterocycles. The molecular formula is C20H26O5. The number of carbonyl (C=O) groups excluding carboxylic acids is 2. The Hall–Kier alpha value is -1.98. The van der Waals surface area contributed by atoms with E-state index in [1.54, 1.807) is 0 Å². The topological polar surface area (TPSA) is 83.8 Å². The molecule has 1 saturated carbocycles. The summed E-state index contributed by atoms with van der Waals surface area (Å²) in [5.41, 5.74) is 1.74. The van der Waals surface area contributed by atoms with Gasteiger partial charge < -0.3 is 14.9 Å². The first-order chi connectivity index (χ1) is 12.1. The predicted molar refractivity (Wildman–Crippen MR) is 93.9 cm³/mol. The van der Waals surface area contributed by atoms with E-state index in [4.69, 9.17) is 5.11 Å². The van der Waals surface area contributed by atoms with Gasteiger partial charge in [0.15, 0.2) is 0 Å². The first kappa shape index (κ1) is 19.3. The molecule has 2 N–H and O–H groups in total. The van der Waals surface area contributed by atoms with Crippen LogP contribution in [0.4, 0.5) is 0 Å². The number of carbonyl (C=O) groups is 2. The minimum absolute atomic E-state index is 0.0236. The minimum atomic E-state index is -0.662. The Bertz CT molecular complexity index is 605. The molecule has 0 bridgehead atoms. The fourth-order valence-corrected chi connectivity index (χ4v) is 3.36. The number of hydrogen-bond acceptors (Lipinski definition) is 5. The van der Waals surface area contributed by atoms with Crippen LogP contribution in [0, 0.1) is 5.92 Å². The second-order valence-corrected chi connectivity index (χ2v) is 6.45. The quantitative estimate of drug-likeness (QED) is 0.429. The van der Waals surface area contributed by atoms with Crippen LogP contribution in [0.3, 0.4) is 0 Å². The number of ether oxygens (including phenoxy) is 1. The third-order valence-electron chi connectivity index (χ3n) is 4.76. The van der Waals surface area contributed by atoms with Gasteiger partial charge in [0.05, 0.1) is 19.8 Å². The van der Waals surface area contributed by atoms with Gasteiger partial charge in [-0.3, -0.25) is 9.59 Å². The summed E-state index contributed by atoms with van der Waals surface area (Å²) in [6, 6.07) is 7.41. The van der Waals surface area contributed by atoms with Crippen molar-refractivity contribution in [3.63, 3.8) is 0 Å². The molecule has 0 radical (unpaired) electrons. The van der Waals surface area contributed by atoms with Gasteiger partial charge in [0.25, 0.3) is 0 Å². The standard InChI is InChI=1S/C20H26O5/c1-25-19(24)7-5-3-2-4-6-16-17(22)12-18(23)20(16)15-10-8-14(13-21)9-11-15/h2,4,8-11,16,18,20-21,23H,3,5-7,12-13H2,1H3/t16-,18+,20+/m0/s1. The van der Waals surface area contributed by atoms with Gasteiger partial charge in [0, 0.05) is 24.7 Å². The third-order valence-corrected chi connectivity index (χ3v) is 4.76. The van der Waals surface area contributed by atoms with Crippen LogP contribution in [-0.4, -0.2) is 35.2 Å². The van der Waals surface area contributed by atoms with Crippen molar-refractivity contribution in [1.29, 1.82) is 0 Å². The van der Waals surface area contributed by atoms with E-state index in [9.17, 15) is 14.7 Å². The van der Waals surface area contributed by atoms with E-state index in [0.29, 0.717) is 12.8 Å². The monoisotopic (exact) mass is 346 g/mol. The lowest BCUT2D eigenvalue weighted by Gasteiger charge is -2.20. The number of ketones is 1. The summed E-state index contributed by atoms with van der Waals surface area (Å²) in [6.45, 7) is -0.0236. The zero-order chi connectivity index (χ0) is 18.2. The third kappa shape index (κ3) is 5.25. The van der Waals surface area contributed by atoms with Crippen LogP contribution in [0.2, 0.25) is 0 Å². The molecule has 0 aliphatic heterocycles. The second-order valence-electron chi connectivity index (χ2n) is 6.45. The minimum Gasteiger partial charge on any atom is -0.469 e. The van der Waals surface area contributed by atoms with Gasteiger partial charge >= 0.3 is 5.97 Å². The first-order valence-corrected chi connectivity index (χ1v) is 8.69. The van der Waals surface area contributed by atoms with Crippen molar-refractivity contribution >= 4 is 11.8 Å². The fourth-order valence-electron chi connectivity index (χ4n) is 3.36. The number of benzene rings is 1. The number of allylic oxidation sites excluding steroid dienone is 2. The Morgan fingerprint density at radius 2 is 2.00 bits per heavy atom. The van der Waals surface area contributed by atoms with Crippen LogP contribution in [0.25, 0.3) is 0 Å². The van der Waals surface area contributed by atoms with Crippen LogP contribution in [0.15, 0.2) is 36.4 Å². The molecule has 1 fully saturated rings. The molecule has 5 heteroatoms. The van der Waals surface area contributed by atoms with Gasteiger partial charge in [-0.1, -0.05) is 36.4 Å². The van der Waals surface area contributed by atoms with Crippen LogP contribution < -0.4 is 0 Å². The summed E-state index contributed by atoms with van der Waals surface area (Å²) >= 11 is 0. The van der Waals surface area contributed by atoms with Crippen LogP contribution in [0.1, 0.15) is 49.1 Å². The van der Waals surface area contributed by atoms with Crippen molar-refractivity contribution in [3.05, 3.63) is 47.5 Å². The lowest BCUT2D eigenvalue weighted by molar-refractivity contribution is -0.140. The average molecular weight is 346 g/mol. The summed E-state index contributed by atoms with van der Waals surface area (Å²) in [5, 5.41) is 19.4. The SMILES string of the molecule is COC(=O)CCCC=CC[C@H]1C(=O)C[C@@H](O)[C@@H]1c1ccc(CO)cc1. The number of hydrogen-bond donors (Lipinski definition) is 2. The van der Waals surface area contributed by atoms with Gasteiger partial charge in [-0.05, 0) is 30.4 Å². The zero-order valence-corrected chi connectivity index (χ0v) is 14.6. The van der Waals surface area contributed by atoms with Crippen LogP contribution in [0.5, 0.6) is 0 Å². The Morgan fingerprint density at radius 1 is 1.28 bits per heavy atom. The van der Waals surface area contributed by atoms with E-state index < -0.39 is 6.10 Å². The van der Waals surface area contributed by atoms with E-state index in [0.717, 1.165) is 24.0 Å². The molecule has 1 aromatic rings. The molecule has 136 valence electrons. The average Bonchev–Trinajstić information content (AvgIpc) is 2.91. The lowest BCUT2D eigenvalue weighted by atomic mass is 9.85. The highest BCUT2D eigenvalue weighted by molar-refractivity contribution is 5.85. The second kappa shape index (κ2) is 9.49. The highest BCUT2D eigenvalue weighted by Crippen LogP contribution is 2.39. The molecular weight excluding hydrogens is 320 g/mol. The molecule has 3 atom stereocenters. The van der Waals surface area contributed by atoms with Crippen molar-refractivity contribution < 1.29 is 24.5 Å². The van der Waals surface area contributed by atoms with E-state index in [-0.39, 0.29) is 36.6 Å². The van der Waals surface area contributed by atoms with Crippen molar-refractivity contribution in [2.45, 2.75) is 50.7 Å². The lowest BCUT2D eigenvalue weighted by Crippen LogP contribution is -2.18. The van der Waals surface area contributed by atoms with E-state index in [1.807, 2.05) is 36.4 Å². The summed E-state index contributed by atoms with van der Waals surface area (Å²) in [5.74, 6) is -0.566. The maximum absolute atomic E-state index is 12.2. The number of rotatable bonds is 8. The largest absolute Gasteiger partial charge is 0.469 e. The summed E-state index contributed by atoms with van der Waals surface area (Å²) < 4.78 is 4.59. The van der Waals surface area contributed by atoms with Gasteiger partial charge in [-0.2, -0.15) is 0 Å².